The molecule has 1 amide bonds. The normalized spacial score (nSPS) is 13.5. The highest BCUT2D eigenvalue weighted by Gasteiger charge is 2.16. The molecule has 0 aliphatic carbocycles. The number of aromatic nitrogens is 2. The Bertz CT molecular complexity index is 979. The topological polar surface area (TPSA) is 81.9 Å². The summed E-state index contributed by atoms with van der Waals surface area (Å²) in [5.74, 6) is 0.711. The lowest BCUT2D eigenvalue weighted by molar-refractivity contribution is 0.102. The molecule has 3 heterocycles. The van der Waals surface area contributed by atoms with Crippen molar-refractivity contribution in [3.05, 3.63) is 51.9 Å². The number of nitrogens with one attached hydrogen (secondary N) is 1. The van der Waals surface area contributed by atoms with Crippen molar-refractivity contribution in [2.24, 2.45) is 0 Å². The number of anilines is 1. The van der Waals surface area contributed by atoms with Crippen LogP contribution < -0.4 is 20.3 Å². The van der Waals surface area contributed by atoms with E-state index in [9.17, 15) is 9.59 Å². The van der Waals surface area contributed by atoms with Crippen LogP contribution in [0.3, 0.4) is 0 Å². The molecule has 24 heavy (non-hydrogen) atoms. The van der Waals surface area contributed by atoms with Gasteiger partial charge in [0.1, 0.15) is 5.56 Å². The Morgan fingerprint density at radius 1 is 1.25 bits per heavy atom. The van der Waals surface area contributed by atoms with Crippen molar-refractivity contribution >= 4 is 27.9 Å². The first-order valence-electron chi connectivity index (χ1n) is 7.38. The molecule has 122 valence electrons. The van der Waals surface area contributed by atoms with Gasteiger partial charge in [-0.25, -0.2) is 4.98 Å². The summed E-state index contributed by atoms with van der Waals surface area (Å²) in [6.07, 6.45) is 3.70. The van der Waals surface area contributed by atoms with E-state index < -0.39 is 11.5 Å². The van der Waals surface area contributed by atoms with Crippen LogP contribution in [0.4, 0.5) is 5.69 Å². The summed E-state index contributed by atoms with van der Waals surface area (Å²) in [4.78, 5) is 29.4. The zero-order valence-electron chi connectivity index (χ0n) is 12.5. The Labute approximate surface area is 140 Å². The summed E-state index contributed by atoms with van der Waals surface area (Å²) >= 11 is 1.33. The number of fused-ring (bicyclic) bond motifs is 2. The molecule has 1 aliphatic rings. The summed E-state index contributed by atoms with van der Waals surface area (Å²) in [5, 5.41) is 4.45. The van der Waals surface area contributed by atoms with Gasteiger partial charge in [0.05, 0.1) is 13.2 Å². The third kappa shape index (κ3) is 2.61. The molecular formula is C16H13N3O4S. The number of carbonyl (C=O) groups is 1. The average molecular weight is 343 g/mol. The molecular weight excluding hydrogens is 330 g/mol. The van der Waals surface area contributed by atoms with E-state index in [4.69, 9.17) is 9.47 Å². The van der Waals surface area contributed by atoms with Crippen LogP contribution in [0.5, 0.6) is 11.5 Å². The van der Waals surface area contributed by atoms with Crippen molar-refractivity contribution in [3.63, 3.8) is 0 Å². The first kappa shape index (κ1) is 14.7. The minimum absolute atomic E-state index is 0.0157. The summed E-state index contributed by atoms with van der Waals surface area (Å²) < 4.78 is 12.5. The highest BCUT2D eigenvalue weighted by molar-refractivity contribution is 7.15. The molecule has 8 heteroatoms. The van der Waals surface area contributed by atoms with Crippen molar-refractivity contribution in [2.75, 3.05) is 18.5 Å². The van der Waals surface area contributed by atoms with Crippen LogP contribution in [0, 0.1) is 0 Å². The Hall–Kier alpha value is -2.87. The lowest BCUT2D eigenvalue weighted by Gasteiger charge is -2.10. The summed E-state index contributed by atoms with van der Waals surface area (Å²) in [7, 11) is 0. The summed E-state index contributed by atoms with van der Waals surface area (Å²) in [6.45, 7) is 1.16. The first-order valence-corrected chi connectivity index (χ1v) is 8.26. The number of amides is 1. The zero-order valence-corrected chi connectivity index (χ0v) is 13.3. The molecule has 0 saturated heterocycles. The van der Waals surface area contributed by atoms with Gasteiger partial charge in [-0.2, -0.15) is 0 Å². The lowest BCUT2D eigenvalue weighted by atomic mass is 10.2. The largest absolute Gasteiger partial charge is 0.490 e. The van der Waals surface area contributed by atoms with E-state index in [-0.39, 0.29) is 5.56 Å². The van der Waals surface area contributed by atoms with Crippen molar-refractivity contribution in [2.45, 2.75) is 6.42 Å². The molecule has 2 aromatic heterocycles. The molecule has 0 fully saturated rings. The van der Waals surface area contributed by atoms with Gasteiger partial charge in [-0.3, -0.25) is 14.0 Å². The molecule has 1 N–H and O–H groups in total. The van der Waals surface area contributed by atoms with Gasteiger partial charge in [0.25, 0.3) is 11.5 Å². The van der Waals surface area contributed by atoms with Gasteiger partial charge in [0.2, 0.25) is 0 Å². The molecule has 0 unspecified atom stereocenters. The van der Waals surface area contributed by atoms with Gasteiger partial charge in [-0.1, -0.05) is 0 Å². The number of hydrogen-bond acceptors (Lipinski definition) is 6. The van der Waals surface area contributed by atoms with E-state index in [1.807, 2.05) is 0 Å². The lowest BCUT2D eigenvalue weighted by Crippen LogP contribution is -2.25. The zero-order chi connectivity index (χ0) is 16.5. The fraction of sp³-hybridized carbons (Fsp3) is 0.188. The Morgan fingerprint density at radius 2 is 2.08 bits per heavy atom. The third-order valence-corrected chi connectivity index (χ3v) is 4.36. The predicted molar refractivity (Wildman–Crippen MR) is 89.3 cm³/mol. The monoisotopic (exact) mass is 343 g/mol. The van der Waals surface area contributed by atoms with Gasteiger partial charge in [0, 0.05) is 35.9 Å². The Morgan fingerprint density at radius 3 is 2.96 bits per heavy atom. The van der Waals surface area contributed by atoms with Crippen LogP contribution in [-0.4, -0.2) is 28.5 Å². The average Bonchev–Trinajstić information content (AvgIpc) is 2.94. The van der Waals surface area contributed by atoms with Gasteiger partial charge in [-0.05, 0) is 12.1 Å². The fourth-order valence-corrected chi connectivity index (χ4v) is 3.10. The molecule has 0 atom stereocenters. The number of benzene rings is 1. The molecule has 1 aliphatic heterocycles. The summed E-state index contributed by atoms with van der Waals surface area (Å²) in [6, 6.07) is 5.13. The van der Waals surface area contributed by atoms with Crippen LogP contribution in [0.25, 0.3) is 4.96 Å². The van der Waals surface area contributed by atoms with Gasteiger partial charge in [0.15, 0.2) is 16.5 Å². The summed E-state index contributed by atoms with van der Waals surface area (Å²) in [5.41, 5.74) is 0.116. The van der Waals surface area contributed by atoms with E-state index in [1.54, 1.807) is 29.8 Å². The van der Waals surface area contributed by atoms with Gasteiger partial charge in [-0.15, -0.1) is 11.3 Å². The minimum Gasteiger partial charge on any atom is -0.490 e. The second-order valence-electron chi connectivity index (χ2n) is 5.20. The Kier molecular flexibility index (Phi) is 3.66. The van der Waals surface area contributed by atoms with E-state index in [0.717, 1.165) is 6.42 Å². The molecule has 0 saturated carbocycles. The highest BCUT2D eigenvalue weighted by atomic mass is 32.1. The SMILES string of the molecule is O=C(Nc1ccc2c(c1)OCCCO2)c1cnc2sccn2c1=O. The van der Waals surface area contributed by atoms with Crippen LogP contribution in [-0.2, 0) is 0 Å². The first-order chi connectivity index (χ1) is 11.7. The number of nitrogens with zero attached hydrogens (tertiary/aromatic N) is 2. The van der Waals surface area contributed by atoms with Crippen molar-refractivity contribution < 1.29 is 14.3 Å². The van der Waals surface area contributed by atoms with Crippen molar-refractivity contribution in [1.29, 1.82) is 0 Å². The number of rotatable bonds is 2. The second kappa shape index (κ2) is 5.97. The number of carbonyl (C=O) groups excluding carboxylic acids is 1. The molecule has 7 nitrogen and oxygen atoms in total. The van der Waals surface area contributed by atoms with Crippen molar-refractivity contribution in [3.8, 4) is 11.5 Å². The molecule has 3 aromatic rings. The molecule has 0 bridgehead atoms. The molecule has 1 aromatic carbocycles. The number of hydrogen-bond donors (Lipinski definition) is 1. The van der Waals surface area contributed by atoms with Crippen LogP contribution >= 0.6 is 11.3 Å². The highest BCUT2D eigenvalue weighted by Crippen LogP contribution is 2.32. The number of thiazole rings is 1. The third-order valence-electron chi connectivity index (χ3n) is 3.59. The molecule has 0 spiro atoms. The van der Waals surface area contributed by atoms with Crippen LogP contribution in [0.2, 0.25) is 0 Å². The predicted octanol–water partition coefficient (Wildman–Crippen LogP) is 2.17. The maximum absolute atomic E-state index is 12.4. The fourth-order valence-electron chi connectivity index (χ4n) is 2.42. The Balaban J connectivity index is 1.62. The van der Waals surface area contributed by atoms with Gasteiger partial charge < -0.3 is 14.8 Å². The van der Waals surface area contributed by atoms with Gasteiger partial charge >= 0.3 is 0 Å². The minimum atomic E-state index is -0.511. The second-order valence-corrected chi connectivity index (χ2v) is 6.07. The molecule has 4 rings (SSSR count). The van der Waals surface area contributed by atoms with Crippen LogP contribution in [0.15, 0.2) is 40.8 Å². The van der Waals surface area contributed by atoms with E-state index >= 15 is 0 Å². The van der Waals surface area contributed by atoms with E-state index in [1.165, 1.54) is 21.9 Å². The smallest absolute Gasteiger partial charge is 0.271 e. The quantitative estimate of drug-likeness (QED) is 0.771. The van der Waals surface area contributed by atoms with E-state index in [2.05, 4.69) is 10.3 Å². The van der Waals surface area contributed by atoms with E-state index in [0.29, 0.717) is 35.4 Å². The standard InChI is InChI=1S/C16H13N3O4S/c20-14(11-9-17-16-19(15(11)21)4-7-24-16)18-10-2-3-12-13(8-10)23-6-1-5-22-12/h2-4,7-9H,1,5-6H2,(H,18,20). The number of ether oxygens (including phenoxy) is 2. The maximum Gasteiger partial charge on any atom is 0.271 e. The van der Waals surface area contributed by atoms with Crippen molar-refractivity contribution in [1.82, 2.24) is 9.38 Å². The molecule has 0 radical (unpaired) electrons. The maximum atomic E-state index is 12.4. The van der Waals surface area contributed by atoms with Crippen LogP contribution in [0.1, 0.15) is 16.8 Å².